The number of rotatable bonds is 10. The number of ketones is 2. The smallest absolute Gasteiger partial charge is 0.372 e. The van der Waals surface area contributed by atoms with E-state index in [0.29, 0.717) is 17.7 Å². The summed E-state index contributed by atoms with van der Waals surface area (Å²) in [7, 11) is 0. The molecule has 33 heavy (non-hydrogen) atoms. The number of carboxylic acid groups (broad SMARTS) is 1. The van der Waals surface area contributed by atoms with Gasteiger partial charge in [0, 0.05) is 11.8 Å². The van der Waals surface area contributed by atoms with Crippen molar-refractivity contribution in [1.29, 1.82) is 0 Å². The van der Waals surface area contributed by atoms with Gasteiger partial charge in [-0.3, -0.25) is 14.6 Å². The Hall–Kier alpha value is -3.84. The van der Waals surface area contributed by atoms with Gasteiger partial charge >= 0.3 is 5.97 Å². The Bertz CT molecular complexity index is 1140. The van der Waals surface area contributed by atoms with Crippen LogP contribution >= 0.6 is 0 Å². The normalized spacial score (nSPS) is 11.8. The third kappa shape index (κ3) is 6.11. The van der Waals surface area contributed by atoms with Gasteiger partial charge in [-0.15, -0.1) is 0 Å². The molecule has 0 radical (unpaired) electrons. The topological polar surface area (TPSA) is 120 Å². The molecular weight excluding hydrogens is 420 g/mol. The highest BCUT2D eigenvalue weighted by Crippen LogP contribution is 2.35. The van der Waals surface area contributed by atoms with Crippen LogP contribution in [0.15, 0.2) is 66.9 Å². The SMILES string of the molecule is CC(C)Oc1c(C(=O)CC(=O)C(=O)O)cc(Cc2ccccc2)cc1C(N)c1ccccn1. The Kier molecular flexibility index (Phi) is 7.69. The number of carbonyl (C=O) groups excluding carboxylic acids is 2. The Morgan fingerprint density at radius 1 is 1.00 bits per heavy atom. The molecule has 0 spiro atoms. The van der Waals surface area contributed by atoms with Gasteiger partial charge < -0.3 is 15.6 Å². The van der Waals surface area contributed by atoms with Crippen LogP contribution in [0, 0.1) is 0 Å². The van der Waals surface area contributed by atoms with E-state index in [9.17, 15) is 14.4 Å². The van der Waals surface area contributed by atoms with Crippen molar-refractivity contribution >= 4 is 17.5 Å². The first kappa shape index (κ1) is 23.8. The van der Waals surface area contributed by atoms with Crippen LogP contribution in [0.25, 0.3) is 0 Å². The lowest BCUT2D eigenvalue weighted by molar-refractivity contribution is -0.148. The summed E-state index contributed by atoms with van der Waals surface area (Å²) in [5.74, 6) is -3.23. The highest BCUT2D eigenvalue weighted by atomic mass is 16.5. The molecule has 1 atom stereocenters. The number of carboxylic acids is 1. The van der Waals surface area contributed by atoms with Crippen LogP contribution in [0.1, 0.15) is 59.1 Å². The largest absolute Gasteiger partial charge is 0.490 e. The number of carbonyl (C=O) groups is 3. The van der Waals surface area contributed by atoms with Crippen molar-refractivity contribution < 1.29 is 24.2 Å². The van der Waals surface area contributed by atoms with Crippen molar-refractivity contribution in [2.45, 2.75) is 38.8 Å². The minimum Gasteiger partial charge on any atom is -0.490 e. The molecule has 7 heteroatoms. The zero-order chi connectivity index (χ0) is 24.0. The molecule has 3 N–H and O–H groups in total. The average molecular weight is 447 g/mol. The molecule has 2 aromatic carbocycles. The van der Waals surface area contributed by atoms with Crippen LogP contribution < -0.4 is 10.5 Å². The van der Waals surface area contributed by atoms with Crippen LogP contribution in [0.3, 0.4) is 0 Å². The van der Waals surface area contributed by atoms with Gasteiger partial charge in [0.15, 0.2) is 5.78 Å². The number of pyridine rings is 1. The number of nitrogens with two attached hydrogens (primary N) is 1. The minimum absolute atomic E-state index is 0.133. The van der Waals surface area contributed by atoms with Gasteiger partial charge in [0.25, 0.3) is 0 Å². The maximum atomic E-state index is 13.1. The molecule has 0 aliphatic rings. The number of nitrogens with zero attached hydrogens (tertiary/aromatic N) is 1. The van der Waals surface area contributed by atoms with E-state index >= 15 is 0 Å². The van der Waals surface area contributed by atoms with E-state index in [1.165, 1.54) is 0 Å². The second-order valence-corrected chi connectivity index (χ2v) is 7.95. The summed E-state index contributed by atoms with van der Waals surface area (Å²) in [6.45, 7) is 3.62. The van der Waals surface area contributed by atoms with E-state index < -0.39 is 30.0 Å². The molecule has 0 aliphatic carbocycles. The first-order chi connectivity index (χ1) is 15.8. The maximum absolute atomic E-state index is 13.1. The molecule has 0 fully saturated rings. The van der Waals surface area contributed by atoms with Gasteiger partial charge in [-0.2, -0.15) is 0 Å². The number of aliphatic carboxylic acids is 1. The van der Waals surface area contributed by atoms with Gasteiger partial charge in [-0.1, -0.05) is 36.4 Å². The fraction of sp³-hybridized carbons (Fsp3) is 0.231. The summed E-state index contributed by atoms with van der Waals surface area (Å²) in [6, 6.07) is 17.9. The summed E-state index contributed by atoms with van der Waals surface area (Å²) < 4.78 is 6.00. The summed E-state index contributed by atoms with van der Waals surface area (Å²) in [6.07, 6.45) is 1.08. The number of ether oxygens (including phenoxy) is 1. The van der Waals surface area contributed by atoms with Crippen molar-refractivity contribution in [3.05, 3.63) is 94.8 Å². The number of benzene rings is 2. The monoisotopic (exact) mass is 446 g/mol. The summed E-state index contributed by atoms with van der Waals surface area (Å²) in [4.78, 5) is 40.2. The fourth-order valence-electron chi connectivity index (χ4n) is 3.49. The molecule has 1 unspecified atom stereocenters. The molecule has 0 bridgehead atoms. The van der Waals surface area contributed by atoms with Gasteiger partial charge in [-0.05, 0) is 55.7 Å². The first-order valence-electron chi connectivity index (χ1n) is 10.6. The van der Waals surface area contributed by atoms with Gasteiger partial charge in [-0.25, -0.2) is 4.79 Å². The van der Waals surface area contributed by atoms with Crippen molar-refractivity contribution in [2.24, 2.45) is 5.73 Å². The molecule has 0 saturated heterocycles. The molecule has 1 aromatic heterocycles. The van der Waals surface area contributed by atoms with E-state index in [4.69, 9.17) is 15.6 Å². The van der Waals surface area contributed by atoms with Crippen molar-refractivity contribution in [3.63, 3.8) is 0 Å². The van der Waals surface area contributed by atoms with Crippen molar-refractivity contribution in [3.8, 4) is 5.75 Å². The van der Waals surface area contributed by atoms with E-state index in [-0.39, 0.29) is 17.4 Å². The van der Waals surface area contributed by atoms with Crippen LogP contribution in [-0.2, 0) is 16.0 Å². The van der Waals surface area contributed by atoms with E-state index in [1.807, 2.05) is 56.3 Å². The lowest BCUT2D eigenvalue weighted by atomic mass is 9.91. The zero-order valence-electron chi connectivity index (χ0n) is 18.5. The Morgan fingerprint density at radius 3 is 2.30 bits per heavy atom. The predicted octanol–water partition coefficient (Wildman–Crippen LogP) is 3.73. The molecule has 1 heterocycles. The van der Waals surface area contributed by atoms with Crippen LogP contribution in [0.5, 0.6) is 5.75 Å². The summed E-state index contributed by atoms with van der Waals surface area (Å²) >= 11 is 0. The highest BCUT2D eigenvalue weighted by Gasteiger charge is 2.26. The maximum Gasteiger partial charge on any atom is 0.372 e. The Balaban J connectivity index is 2.16. The molecule has 3 aromatic rings. The summed E-state index contributed by atoms with van der Waals surface area (Å²) in [5, 5.41) is 8.97. The van der Waals surface area contributed by atoms with E-state index in [2.05, 4.69) is 4.98 Å². The molecule has 0 saturated carbocycles. The minimum atomic E-state index is -1.65. The predicted molar refractivity (Wildman–Crippen MR) is 123 cm³/mol. The van der Waals surface area contributed by atoms with Gasteiger partial charge in [0.2, 0.25) is 5.78 Å². The molecule has 170 valence electrons. The van der Waals surface area contributed by atoms with Crippen LogP contribution in [-0.4, -0.2) is 33.7 Å². The average Bonchev–Trinajstić information content (AvgIpc) is 2.80. The quantitative estimate of drug-likeness (QED) is 0.277. The second kappa shape index (κ2) is 10.7. The van der Waals surface area contributed by atoms with Crippen molar-refractivity contribution in [2.75, 3.05) is 0 Å². The van der Waals surface area contributed by atoms with E-state index in [1.54, 1.807) is 24.4 Å². The first-order valence-corrected chi connectivity index (χ1v) is 10.6. The third-order valence-electron chi connectivity index (χ3n) is 4.98. The molecular formula is C26H26N2O5. The van der Waals surface area contributed by atoms with E-state index in [0.717, 1.165) is 11.1 Å². The molecule has 3 rings (SSSR count). The van der Waals surface area contributed by atoms with Gasteiger partial charge in [0.05, 0.1) is 29.8 Å². The van der Waals surface area contributed by atoms with Gasteiger partial charge in [0.1, 0.15) is 5.75 Å². The van der Waals surface area contributed by atoms with Crippen LogP contribution in [0.4, 0.5) is 0 Å². The third-order valence-corrected chi connectivity index (χ3v) is 4.98. The number of Topliss-reactive ketones (excluding diaryl/α,β-unsaturated/α-hetero) is 2. The van der Waals surface area contributed by atoms with Crippen molar-refractivity contribution in [1.82, 2.24) is 4.98 Å². The fourth-order valence-corrected chi connectivity index (χ4v) is 3.49. The zero-order valence-corrected chi connectivity index (χ0v) is 18.5. The Labute approximate surface area is 192 Å². The number of hydrogen-bond acceptors (Lipinski definition) is 6. The lowest BCUT2D eigenvalue weighted by Crippen LogP contribution is -2.21. The Morgan fingerprint density at radius 2 is 1.70 bits per heavy atom. The molecule has 0 aliphatic heterocycles. The number of aromatic nitrogens is 1. The summed E-state index contributed by atoms with van der Waals surface area (Å²) in [5.41, 5.74) is 9.62. The molecule has 0 amide bonds. The number of hydrogen-bond donors (Lipinski definition) is 2. The highest BCUT2D eigenvalue weighted by molar-refractivity contribution is 6.37. The second-order valence-electron chi connectivity index (χ2n) is 7.95. The lowest BCUT2D eigenvalue weighted by Gasteiger charge is -2.22. The molecule has 7 nitrogen and oxygen atoms in total. The van der Waals surface area contributed by atoms with Crippen LogP contribution in [0.2, 0.25) is 0 Å². The standard InChI is InChI=1S/C26H26N2O5/c1-16(2)33-25-19(22(29)15-23(30)26(31)32)13-18(12-17-8-4-3-5-9-17)14-20(25)24(27)21-10-6-7-11-28-21/h3-11,13-14,16,24H,12,15,27H2,1-2H3,(H,31,32).